The molecule has 2 fully saturated rings. The van der Waals surface area contributed by atoms with Crippen molar-refractivity contribution >= 4 is 24.2 Å². The predicted octanol–water partition coefficient (Wildman–Crippen LogP) is 3.91. The van der Waals surface area contributed by atoms with Crippen LogP contribution in [0.15, 0.2) is 48.5 Å². The summed E-state index contributed by atoms with van der Waals surface area (Å²) in [6.07, 6.45) is 4.25. The van der Waals surface area contributed by atoms with E-state index in [1.165, 1.54) is 11.6 Å². The molecule has 142 valence electrons. The van der Waals surface area contributed by atoms with Gasteiger partial charge in [0.2, 0.25) is 5.91 Å². The number of carbonyl (C=O) groups excluding carboxylic acids is 1. The summed E-state index contributed by atoms with van der Waals surface area (Å²) in [5.74, 6) is -0.194. The van der Waals surface area contributed by atoms with Crippen LogP contribution in [0.2, 0.25) is 0 Å². The van der Waals surface area contributed by atoms with Gasteiger partial charge in [-0.1, -0.05) is 30.3 Å². The fourth-order valence-corrected chi connectivity index (χ4v) is 4.36. The van der Waals surface area contributed by atoms with E-state index < -0.39 is 16.9 Å². The van der Waals surface area contributed by atoms with Gasteiger partial charge in [-0.25, -0.2) is 4.39 Å². The molecule has 2 aromatic rings. The first kappa shape index (κ1) is 18.2. The molecular formula is C21H23FN2O2S. The summed E-state index contributed by atoms with van der Waals surface area (Å²) >= 11 is 4.46. The molecule has 1 saturated heterocycles. The highest BCUT2D eigenvalue weighted by Crippen LogP contribution is 2.45. The third-order valence-electron chi connectivity index (χ3n) is 5.47. The molecule has 1 amide bonds. The maximum Gasteiger partial charge on any atom is 0.248 e. The highest BCUT2D eigenvalue weighted by Gasteiger charge is 2.56. The lowest BCUT2D eigenvalue weighted by atomic mass is 9.75. The van der Waals surface area contributed by atoms with Crippen LogP contribution in [0.4, 0.5) is 10.1 Å². The Morgan fingerprint density at radius 2 is 2.00 bits per heavy atom. The predicted molar refractivity (Wildman–Crippen MR) is 107 cm³/mol. The molecule has 1 N–H and O–H groups in total. The number of hydrogen-bond donors (Lipinski definition) is 2. The number of thiol groups is 1. The lowest BCUT2D eigenvalue weighted by molar-refractivity contribution is -0.126. The average Bonchev–Trinajstić information content (AvgIpc) is 2.91. The molecule has 1 spiro atoms. The lowest BCUT2D eigenvalue weighted by Gasteiger charge is -2.44. The number of anilines is 1. The number of hydrogen-bond acceptors (Lipinski definition) is 4. The largest absolute Gasteiger partial charge is 0.491 e. The molecule has 1 aliphatic heterocycles. The first-order valence-corrected chi connectivity index (χ1v) is 9.86. The van der Waals surface area contributed by atoms with Gasteiger partial charge in [0, 0.05) is 11.8 Å². The number of halogens is 1. The van der Waals surface area contributed by atoms with Crippen molar-refractivity contribution in [3.05, 3.63) is 59.9 Å². The highest BCUT2D eigenvalue weighted by atomic mass is 32.1. The monoisotopic (exact) mass is 386 g/mol. The van der Waals surface area contributed by atoms with Crippen molar-refractivity contribution in [1.82, 2.24) is 5.32 Å². The minimum Gasteiger partial charge on any atom is -0.491 e. The van der Waals surface area contributed by atoms with Crippen LogP contribution in [-0.4, -0.2) is 23.6 Å². The molecule has 2 aliphatic rings. The number of aryl methyl sites for hydroxylation is 1. The fourth-order valence-electron chi connectivity index (χ4n) is 3.89. The summed E-state index contributed by atoms with van der Waals surface area (Å²) in [6.45, 7) is 0.452. The number of nitrogens with zero attached hydrogens (tertiary/aromatic N) is 1. The summed E-state index contributed by atoms with van der Waals surface area (Å²) in [7, 11) is 0. The summed E-state index contributed by atoms with van der Waals surface area (Å²) in [5.41, 5.74) is 0.891. The quantitative estimate of drug-likeness (QED) is 0.584. The maximum absolute atomic E-state index is 14.6. The van der Waals surface area contributed by atoms with Crippen molar-refractivity contribution in [2.45, 2.75) is 43.1 Å². The van der Waals surface area contributed by atoms with E-state index in [0.29, 0.717) is 12.3 Å². The normalized spacial score (nSPS) is 20.4. The van der Waals surface area contributed by atoms with Crippen LogP contribution in [0.25, 0.3) is 0 Å². The van der Waals surface area contributed by atoms with Gasteiger partial charge in [0.1, 0.15) is 11.0 Å². The van der Waals surface area contributed by atoms with Crippen molar-refractivity contribution < 1.29 is 13.9 Å². The second-order valence-electron chi connectivity index (χ2n) is 7.15. The zero-order valence-corrected chi connectivity index (χ0v) is 15.9. The molecule has 2 aromatic carbocycles. The minimum absolute atomic E-state index is 0.0182. The second-order valence-corrected chi connectivity index (χ2v) is 7.64. The zero-order valence-electron chi connectivity index (χ0n) is 15.0. The van der Waals surface area contributed by atoms with E-state index in [9.17, 15) is 9.18 Å². The molecule has 0 aromatic heterocycles. The molecule has 1 aliphatic carbocycles. The van der Waals surface area contributed by atoms with Crippen LogP contribution in [0.5, 0.6) is 5.75 Å². The van der Waals surface area contributed by atoms with E-state index >= 15 is 0 Å². The fraction of sp³-hybridized carbons (Fsp3) is 0.381. The van der Waals surface area contributed by atoms with Gasteiger partial charge in [0.05, 0.1) is 6.61 Å². The Kier molecular flexibility index (Phi) is 5.00. The molecule has 4 rings (SSSR count). The number of carbonyl (C=O) groups is 1. The maximum atomic E-state index is 14.6. The minimum atomic E-state index is -0.573. The molecule has 1 unspecified atom stereocenters. The summed E-state index contributed by atoms with van der Waals surface area (Å²) in [5, 5.41) is 2.85. The SMILES string of the molecule is O=C1NC(S)N(c2ccc(OCCCc3ccccc3)c(F)c2)C12CCC2. The van der Waals surface area contributed by atoms with Crippen LogP contribution in [-0.2, 0) is 11.2 Å². The van der Waals surface area contributed by atoms with Gasteiger partial charge in [0.15, 0.2) is 11.6 Å². The third kappa shape index (κ3) is 3.38. The molecule has 6 heteroatoms. The highest BCUT2D eigenvalue weighted by molar-refractivity contribution is 7.81. The average molecular weight is 386 g/mol. The van der Waals surface area contributed by atoms with Gasteiger partial charge in [0.25, 0.3) is 0 Å². The summed E-state index contributed by atoms with van der Waals surface area (Å²) in [6, 6.07) is 15.0. The number of ether oxygens (including phenoxy) is 1. The first-order chi connectivity index (χ1) is 13.1. The van der Waals surface area contributed by atoms with Gasteiger partial charge in [-0.05, 0) is 49.8 Å². The van der Waals surface area contributed by atoms with E-state index in [-0.39, 0.29) is 11.7 Å². The molecule has 4 nitrogen and oxygen atoms in total. The van der Waals surface area contributed by atoms with Gasteiger partial charge < -0.3 is 15.0 Å². The van der Waals surface area contributed by atoms with Gasteiger partial charge in [-0.3, -0.25) is 4.79 Å². The standard InChI is InChI=1S/C21H23FN2O2S/c22-17-14-16(24-20(27)23-19(25)21(24)11-5-12-21)9-10-18(17)26-13-4-8-15-6-2-1-3-7-15/h1-3,6-7,9-10,14,20,27H,4-5,8,11-13H2,(H,23,25). The molecule has 1 heterocycles. The second kappa shape index (κ2) is 7.43. The third-order valence-corrected chi connectivity index (χ3v) is 5.83. The van der Waals surface area contributed by atoms with E-state index in [2.05, 4.69) is 30.1 Å². The van der Waals surface area contributed by atoms with Crippen LogP contribution >= 0.6 is 12.6 Å². The van der Waals surface area contributed by atoms with Crippen LogP contribution in [0.1, 0.15) is 31.2 Å². The van der Waals surface area contributed by atoms with Crippen molar-refractivity contribution in [3.63, 3.8) is 0 Å². The number of benzene rings is 2. The first-order valence-electron chi connectivity index (χ1n) is 9.35. The van der Waals surface area contributed by atoms with E-state index in [0.717, 1.165) is 32.1 Å². The van der Waals surface area contributed by atoms with Crippen molar-refractivity contribution in [2.24, 2.45) is 0 Å². The zero-order chi connectivity index (χ0) is 18.9. The summed E-state index contributed by atoms with van der Waals surface area (Å²) in [4.78, 5) is 14.2. The Balaban J connectivity index is 1.40. The van der Waals surface area contributed by atoms with Crippen molar-refractivity contribution in [2.75, 3.05) is 11.5 Å². The van der Waals surface area contributed by atoms with Gasteiger partial charge in [-0.2, -0.15) is 0 Å². The Bertz CT molecular complexity index is 826. The van der Waals surface area contributed by atoms with E-state index in [1.54, 1.807) is 12.1 Å². The number of nitrogens with one attached hydrogen (secondary N) is 1. The molecule has 27 heavy (non-hydrogen) atoms. The van der Waals surface area contributed by atoms with Gasteiger partial charge >= 0.3 is 0 Å². The molecule has 1 saturated carbocycles. The molecule has 0 bridgehead atoms. The van der Waals surface area contributed by atoms with Crippen molar-refractivity contribution in [1.29, 1.82) is 0 Å². The van der Waals surface area contributed by atoms with Crippen molar-refractivity contribution in [3.8, 4) is 5.75 Å². The van der Waals surface area contributed by atoms with E-state index in [4.69, 9.17) is 4.74 Å². The van der Waals surface area contributed by atoms with E-state index in [1.807, 2.05) is 23.1 Å². The Labute approximate surface area is 164 Å². The lowest BCUT2D eigenvalue weighted by Crippen LogP contribution is -2.55. The van der Waals surface area contributed by atoms with Crippen LogP contribution in [0.3, 0.4) is 0 Å². The smallest absolute Gasteiger partial charge is 0.248 e. The molecule has 1 atom stereocenters. The number of rotatable bonds is 6. The molecular weight excluding hydrogens is 363 g/mol. The Morgan fingerprint density at radius 3 is 2.67 bits per heavy atom. The summed E-state index contributed by atoms with van der Waals surface area (Å²) < 4.78 is 20.2. The topological polar surface area (TPSA) is 41.6 Å². The Hall–Kier alpha value is -2.21. The molecule has 0 radical (unpaired) electrons. The Morgan fingerprint density at radius 1 is 1.22 bits per heavy atom. The van der Waals surface area contributed by atoms with Crippen LogP contribution in [0, 0.1) is 5.82 Å². The van der Waals surface area contributed by atoms with Gasteiger partial charge in [-0.15, -0.1) is 12.6 Å². The van der Waals surface area contributed by atoms with Crippen LogP contribution < -0.4 is 15.0 Å². The number of amides is 1.